The molecule has 0 atom stereocenters. The molecule has 4 heteroatoms. The Morgan fingerprint density at radius 3 is 2.05 bits per heavy atom. The maximum absolute atomic E-state index is 6.44. The van der Waals surface area contributed by atoms with Crippen molar-refractivity contribution < 1.29 is 0 Å². The summed E-state index contributed by atoms with van der Waals surface area (Å²) in [5.41, 5.74) is 1.38. The Kier molecular flexibility index (Phi) is 3.53. The first-order valence-electron chi connectivity index (χ1n) is 8.20. The van der Waals surface area contributed by atoms with Crippen LogP contribution in [0.3, 0.4) is 0 Å². The lowest BCUT2D eigenvalue weighted by molar-refractivity contribution is -0.00953. The van der Waals surface area contributed by atoms with Gasteiger partial charge in [-0.05, 0) is 84.8 Å². The molecule has 0 N–H and O–H groups in total. The highest BCUT2D eigenvalue weighted by molar-refractivity contribution is 14.1. The smallest absolute Gasteiger partial charge is 0.146 e. The van der Waals surface area contributed by atoms with E-state index in [9.17, 15) is 0 Å². The fourth-order valence-electron chi connectivity index (χ4n) is 5.44. The second-order valence-electron chi connectivity index (χ2n) is 7.89. The highest BCUT2D eigenvalue weighted by atomic mass is 127. The lowest BCUT2D eigenvalue weighted by Gasteiger charge is -2.56. The third-order valence-electron chi connectivity index (χ3n) is 5.90. The highest BCUT2D eigenvalue weighted by Crippen LogP contribution is 2.60. The van der Waals surface area contributed by atoms with Crippen LogP contribution in [0.4, 0.5) is 0 Å². The first kappa shape index (κ1) is 14.7. The molecule has 1 aromatic heterocycles. The van der Waals surface area contributed by atoms with Crippen molar-refractivity contribution in [3.63, 3.8) is 0 Å². The second-order valence-corrected chi connectivity index (χ2v) is 9.33. The molecule has 0 saturated heterocycles. The van der Waals surface area contributed by atoms with Crippen molar-refractivity contribution in [3.8, 4) is 0 Å². The molecule has 2 nitrogen and oxygen atoms in total. The summed E-state index contributed by atoms with van der Waals surface area (Å²) in [4.78, 5) is 9.77. The molecule has 4 fully saturated rings. The Labute approximate surface area is 145 Å². The summed E-state index contributed by atoms with van der Waals surface area (Å²) in [7, 11) is 0. The van der Waals surface area contributed by atoms with Crippen LogP contribution in [0.15, 0.2) is 0 Å². The van der Waals surface area contributed by atoms with Gasteiger partial charge >= 0.3 is 0 Å². The largest absolute Gasteiger partial charge is 0.236 e. The topological polar surface area (TPSA) is 25.8 Å². The van der Waals surface area contributed by atoms with Crippen LogP contribution in [0, 0.1) is 21.3 Å². The van der Waals surface area contributed by atoms with E-state index in [1.54, 1.807) is 0 Å². The number of nitrogens with zero attached hydrogens (tertiary/aromatic N) is 2. The van der Waals surface area contributed by atoms with Crippen molar-refractivity contribution in [1.29, 1.82) is 0 Å². The molecule has 5 rings (SSSR count). The average molecular weight is 417 g/mol. The van der Waals surface area contributed by atoms with E-state index in [-0.39, 0.29) is 5.41 Å². The minimum Gasteiger partial charge on any atom is -0.236 e. The van der Waals surface area contributed by atoms with Crippen LogP contribution in [-0.4, -0.2) is 9.97 Å². The number of aromatic nitrogens is 2. The van der Waals surface area contributed by atoms with Gasteiger partial charge in [-0.25, -0.2) is 9.97 Å². The Balaban J connectivity index is 1.79. The van der Waals surface area contributed by atoms with Crippen LogP contribution in [0.1, 0.15) is 69.8 Å². The average Bonchev–Trinajstić information content (AvgIpc) is 2.39. The van der Waals surface area contributed by atoms with Crippen LogP contribution in [-0.2, 0) is 5.41 Å². The Morgan fingerprint density at radius 2 is 1.57 bits per heavy atom. The molecule has 4 bridgehead atoms. The molecule has 0 amide bonds. The van der Waals surface area contributed by atoms with Crippen molar-refractivity contribution in [3.05, 3.63) is 20.2 Å². The summed E-state index contributed by atoms with van der Waals surface area (Å²) in [5.74, 6) is 4.22. The van der Waals surface area contributed by atoms with Crippen LogP contribution >= 0.6 is 34.2 Å². The van der Waals surface area contributed by atoms with Gasteiger partial charge in [0, 0.05) is 5.41 Å². The molecule has 21 heavy (non-hydrogen) atoms. The molecule has 114 valence electrons. The van der Waals surface area contributed by atoms with Gasteiger partial charge in [-0.1, -0.05) is 25.4 Å². The molecule has 4 aliphatic carbocycles. The maximum Gasteiger partial charge on any atom is 0.146 e. The van der Waals surface area contributed by atoms with E-state index in [1.807, 2.05) is 0 Å². The van der Waals surface area contributed by atoms with Gasteiger partial charge < -0.3 is 0 Å². The minimum atomic E-state index is 0.242. The van der Waals surface area contributed by atoms with E-state index in [1.165, 1.54) is 38.5 Å². The summed E-state index contributed by atoms with van der Waals surface area (Å²) < 4.78 is 1.04. The second kappa shape index (κ2) is 5.05. The van der Waals surface area contributed by atoms with E-state index in [0.717, 1.165) is 32.8 Å². The van der Waals surface area contributed by atoms with Gasteiger partial charge in [0.05, 0.1) is 9.26 Å². The molecule has 4 aliphatic rings. The number of rotatable bonds is 2. The zero-order chi connectivity index (χ0) is 14.8. The summed E-state index contributed by atoms with van der Waals surface area (Å²) >= 11 is 8.74. The van der Waals surface area contributed by atoms with E-state index in [0.29, 0.717) is 11.1 Å². The van der Waals surface area contributed by atoms with Gasteiger partial charge in [0.25, 0.3) is 0 Å². The van der Waals surface area contributed by atoms with Gasteiger partial charge in [-0.3, -0.25) is 0 Å². The first-order valence-corrected chi connectivity index (χ1v) is 9.66. The van der Waals surface area contributed by atoms with E-state index in [2.05, 4.69) is 36.4 Å². The number of hydrogen-bond donors (Lipinski definition) is 0. The molecule has 1 aromatic rings. The van der Waals surface area contributed by atoms with E-state index >= 15 is 0 Å². The van der Waals surface area contributed by atoms with Crippen molar-refractivity contribution in [2.75, 3.05) is 0 Å². The van der Waals surface area contributed by atoms with Crippen molar-refractivity contribution in [1.82, 2.24) is 9.97 Å². The molecule has 0 aromatic carbocycles. The van der Waals surface area contributed by atoms with Crippen LogP contribution in [0.25, 0.3) is 0 Å². The number of hydrogen-bond acceptors (Lipinski definition) is 2. The minimum absolute atomic E-state index is 0.242. The molecule has 0 unspecified atom stereocenters. The van der Waals surface area contributed by atoms with Gasteiger partial charge in [0.2, 0.25) is 0 Å². The molecule has 0 spiro atoms. The molecule has 0 aliphatic heterocycles. The lowest BCUT2D eigenvalue weighted by Crippen LogP contribution is -2.49. The monoisotopic (exact) mass is 416 g/mol. The Hall–Kier alpha value is 0.100. The molecule has 1 heterocycles. The predicted molar refractivity (Wildman–Crippen MR) is 93.7 cm³/mol. The Morgan fingerprint density at radius 1 is 1.05 bits per heavy atom. The SMILES string of the molecule is CC(C)c1nc(C23CC4CC(CC(C4)C2)C3)nc(Cl)c1I. The third kappa shape index (κ3) is 2.34. The van der Waals surface area contributed by atoms with Gasteiger partial charge in [0.15, 0.2) is 0 Å². The van der Waals surface area contributed by atoms with E-state index in [4.69, 9.17) is 21.6 Å². The van der Waals surface area contributed by atoms with Crippen molar-refractivity contribution in [2.24, 2.45) is 17.8 Å². The summed E-state index contributed by atoms with van der Waals surface area (Å²) in [6, 6.07) is 0. The van der Waals surface area contributed by atoms with Gasteiger partial charge in [-0.2, -0.15) is 0 Å². The maximum atomic E-state index is 6.44. The highest BCUT2D eigenvalue weighted by Gasteiger charge is 2.53. The molecular weight excluding hydrogens is 395 g/mol. The molecule has 4 saturated carbocycles. The lowest BCUT2D eigenvalue weighted by atomic mass is 9.49. The fraction of sp³-hybridized carbons (Fsp3) is 0.765. The van der Waals surface area contributed by atoms with Crippen LogP contribution in [0.2, 0.25) is 5.15 Å². The standard InChI is InChI=1S/C17H22ClIN2/c1-9(2)14-13(19)15(18)21-16(20-14)17-6-10-3-11(7-17)5-12(4-10)8-17/h9-12H,3-8H2,1-2H3. The van der Waals surface area contributed by atoms with E-state index < -0.39 is 0 Å². The molecule has 0 radical (unpaired) electrons. The fourth-order valence-corrected chi connectivity index (χ4v) is 6.48. The summed E-state index contributed by atoms with van der Waals surface area (Å²) in [5, 5.41) is 0.667. The zero-order valence-corrected chi connectivity index (χ0v) is 15.6. The normalized spacial score (nSPS) is 37.5. The van der Waals surface area contributed by atoms with Crippen LogP contribution in [0.5, 0.6) is 0 Å². The summed E-state index contributed by atoms with van der Waals surface area (Å²) in [6.07, 6.45) is 8.26. The first-order chi connectivity index (χ1) is 9.97. The van der Waals surface area contributed by atoms with Gasteiger partial charge in [0.1, 0.15) is 11.0 Å². The van der Waals surface area contributed by atoms with Crippen molar-refractivity contribution in [2.45, 2.75) is 63.7 Å². The summed E-state index contributed by atoms with van der Waals surface area (Å²) in [6.45, 7) is 4.40. The third-order valence-corrected chi connectivity index (χ3v) is 7.55. The van der Waals surface area contributed by atoms with Crippen molar-refractivity contribution >= 4 is 34.2 Å². The van der Waals surface area contributed by atoms with Crippen LogP contribution < -0.4 is 0 Å². The number of halogens is 2. The Bertz CT molecular complexity index is 549. The quantitative estimate of drug-likeness (QED) is 0.481. The zero-order valence-electron chi connectivity index (χ0n) is 12.7. The molecular formula is C17H22ClIN2. The van der Waals surface area contributed by atoms with Gasteiger partial charge in [-0.15, -0.1) is 0 Å². The predicted octanol–water partition coefficient (Wildman–Crippen LogP) is 5.33.